The number of fused-ring (bicyclic) bond motifs is 6. The summed E-state index contributed by atoms with van der Waals surface area (Å²) < 4.78 is 4.51. The lowest BCUT2D eigenvalue weighted by atomic mass is 9.90. The summed E-state index contributed by atoms with van der Waals surface area (Å²) in [6, 6.07) is 58.9. The number of aromatic nitrogens is 2. The van der Waals surface area contributed by atoms with E-state index in [1.807, 2.05) is 42.5 Å². The predicted molar refractivity (Wildman–Crippen MR) is 195 cm³/mol. The van der Waals surface area contributed by atoms with Gasteiger partial charge in [-0.3, -0.25) is 0 Å². The maximum absolute atomic E-state index is 10.6. The van der Waals surface area contributed by atoms with Gasteiger partial charge in [0.1, 0.15) is 6.07 Å². The van der Waals surface area contributed by atoms with Crippen molar-refractivity contribution in [2.45, 2.75) is 0 Å². The lowest BCUT2D eigenvalue weighted by molar-refractivity contribution is 1.17. The van der Waals surface area contributed by atoms with Gasteiger partial charge in [0.25, 0.3) is 0 Å². The molecule has 0 bridgehead atoms. The highest BCUT2D eigenvalue weighted by Gasteiger charge is 2.22. The Hall–Kier alpha value is -6.88. The number of para-hydroxylation sites is 4. The predicted octanol–water partition coefficient (Wildman–Crippen LogP) is 11.0. The van der Waals surface area contributed by atoms with Crippen LogP contribution in [-0.4, -0.2) is 9.13 Å². The molecular weight excluding hydrogens is 585 g/mol. The number of nitrogens with zero attached hydrogens (tertiary/aromatic N) is 4. The van der Waals surface area contributed by atoms with E-state index in [0.29, 0.717) is 11.1 Å². The van der Waals surface area contributed by atoms with Gasteiger partial charge in [-0.1, -0.05) is 109 Å². The molecule has 0 aliphatic heterocycles. The molecule has 0 saturated heterocycles. The van der Waals surface area contributed by atoms with E-state index in [-0.39, 0.29) is 0 Å². The minimum Gasteiger partial charge on any atom is -0.309 e. The Morgan fingerprint density at radius 2 is 0.896 bits per heavy atom. The number of hydrogen-bond acceptors (Lipinski definition) is 2. The van der Waals surface area contributed by atoms with Gasteiger partial charge in [0.15, 0.2) is 0 Å². The first-order valence-electron chi connectivity index (χ1n) is 15.9. The Morgan fingerprint density at radius 1 is 0.396 bits per heavy atom. The number of benzene rings is 7. The van der Waals surface area contributed by atoms with Gasteiger partial charge in [-0.2, -0.15) is 10.5 Å². The van der Waals surface area contributed by atoms with Gasteiger partial charge in [0.05, 0.1) is 45.0 Å². The summed E-state index contributed by atoms with van der Waals surface area (Å²) in [7, 11) is 0. The molecule has 9 rings (SSSR count). The smallest absolute Gasteiger partial charge is 0.101 e. The third kappa shape index (κ3) is 4.07. The fourth-order valence-corrected chi connectivity index (χ4v) is 7.38. The van der Waals surface area contributed by atoms with Crippen molar-refractivity contribution in [3.05, 3.63) is 169 Å². The quantitative estimate of drug-likeness (QED) is 0.199. The molecule has 0 N–H and O–H groups in total. The Labute approximate surface area is 277 Å². The van der Waals surface area contributed by atoms with Gasteiger partial charge in [-0.15, -0.1) is 0 Å². The van der Waals surface area contributed by atoms with Crippen LogP contribution in [0.25, 0.3) is 77.2 Å². The summed E-state index contributed by atoms with van der Waals surface area (Å²) in [4.78, 5) is 0. The third-order valence-electron chi connectivity index (χ3n) is 9.38. The van der Waals surface area contributed by atoms with Crippen molar-refractivity contribution in [3.8, 4) is 45.8 Å². The van der Waals surface area contributed by atoms with Crippen molar-refractivity contribution < 1.29 is 0 Å². The van der Waals surface area contributed by atoms with Crippen LogP contribution in [0.5, 0.6) is 0 Å². The summed E-state index contributed by atoms with van der Waals surface area (Å²) >= 11 is 0. The van der Waals surface area contributed by atoms with E-state index >= 15 is 0 Å². The molecule has 4 nitrogen and oxygen atoms in total. The zero-order valence-electron chi connectivity index (χ0n) is 25.8. The SMILES string of the molecule is N#Cc1cc(C#N)c(-n2c3ccccc3c3ccccc32)c(-c2ccccc2-c2cccc(-n3c4ccccc4c4ccccc43)c2)c1. The van der Waals surface area contributed by atoms with Crippen molar-refractivity contribution in [2.24, 2.45) is 0 Å². The highest BCUT2D eigenvalue weighted by molar-refractivity contribution is 6.11. The molecule has 0 fully saturated rings. The van der Waals surface area contributed by atoms with Crippen molar-refractivity contribution in [1.29, 1.82) is 10.5 Å². The van der Waals surface area contributed by atoms with Crippen LogP contribution in [-0.2, 0) is 0 Å². The lowest BCUT2D eigenvalue weighted by Gasteiger charge is -2.19. The second-order valence-electron chi connectivity index (χ2n) is 12.0. The van der Waals surface area contributed by atoms with Crippen LogP contribution >= 0.6 is 0 Å². The third-order valence-corrected chi connectivity index (χ3v) is 9.38. The van der Waals surface area contributed by atoms with Crippen LogP contribution in [0.1, 0.15) is 11.1 Å². The Bertz CT molecular complexity index is 2710. The van der Waals surface area contributed by atoms with Crippen molar-refractivity contribution in [3.63, 3.8) is 0 Å². The Kier molecular flexibility index (Phi) is 6.22. The molecule has 7 aromatic carbocycles. The van der Waals surface area contributed by atoms with Crippen molar-refractivity contribution >= 4 is 43.6 Å². The molecule has 222 valence electrons. The maximum Gasteiger partial charge on any atom is 0.101 e. The van der Waals surface area contributed by atoms with Crippen molar-refractivity contribution in [2.75, 3.05) is 0 Å². The topological polar surface area (TPSA) is 57.4 Å². The van der Waals surface area contributed by atoms with Crippen molar-refractivity contribution in [1.82, 2.24) is 9.13 Å². The van der Waals surface area contributed by atoms with Crippen LogP contribution in [0.4, 0.5) is 0 Å². The average molecular weight is 611 g/mol. The second kappa shape index (κ2) is 10.9. The van der Waals surface area contributed by atoms with E-state index < -0.39 is 0 Å². The highest BCUT2D eigenvalue weighted by Crippen LogP contribution is 2.42. The molecule has 0 aliphatic carbocycles. The van der Waals surface area contributed by atoms with E-state index in [4.69, 9.17) is 0 Å². The minimum absolute atomic E-state index is 0.444. The summed E-state index contributed by atoms with van der Waals surface area (Å²) in [6.07, 6.45) is 0. The second-order valence-corrected chi connectivity index (χ2v) is 12.0. The van der Waals surface area contributed by atoms with E-state index in [0.717, 1.165) is 66.5 Å². The highest BCUT2D eigenvalue weighted by atomic mass is 15.0. The van der Waals surface area contributed by atoms with Crippen LogP contribution in [0, 0.1) is 22.7 Å². The van der Waals surface area contributed by atoms with Gasteiger partial charge < -0.3 is 9.13 Å². The van der Waals surface area contributed by atoms with Crippen LogP contribution < -0.4 is 0 Å². The molecule has 48 heavy (non-hydrogen) atoms. The first kappa shape index (κ1) is 27.4. The molecule has 0 radical (unpaired) electrons. The zero-order valence-corrected chi connectivity index (χ0v) is 25.8. The van der Waals surface area contributed by atoms with E-state index in [2.05, 4.69) is 130 Å². The molecule has 9 aromatic rings. The Balaban J connectivity index is 1.32. The summed E-state index contributed by atoms with van der Waals surface area (Å²) in [5.41, 5.74) is 10.9. The first-order valence-corrected chi connectivity index (χ1v) is 15.9. The normalized spacial score (nSPS) is 11.3. The van der Waals surface area contributed by atoms with Crippen LogP contribution in [0.2, 0.25) is 0 Å². The van der Waals surface area contributed by atoms with Gasteiger partial charge in [-0.05, 0) is 65.2 Å². The Morgan fingerprint density at radius 3 is 1.44 bits per heavy atom. The molecule has 2 aromatic heterocycles. The van der Waals surface area contributed by atoms with E-state index in [9.17, 15) is 10.5 Å². The molecule has 0 saturated carbocycles. The zero-order chi connectivity index (χ0) is 32.2. The minimum atomic E-state index is 0.444. The van der Waals surface area contributed by atoms with Gasteiger partial charge >= 0.3 is 0 Å². The molecule has 0 atom stereocenters. The summed E-state index contributed by atoms with van der Waals surface area (Å²) in [5.74, 6) is 0. The average Bonchev–Trinajstić information content (AvgIpc) is 3.67. The maximum atomic E-state index is 10.6. The van der Waals surface area contributed by atoms with E-state index in [1.54, 1.807) is 6.07 Å². The standard InChI is InChI=1S/C44H26N4/c45-27-29-24-31(28-46)44(48-42-22-9-5-18-37(42)38-19-6-10-23-43(38)48)39(25-29)34-15-2-1-14-33(34)30-12-11-13-32(26-30)47-40-20-7-3-16-35(40)36-17-4-8-21-41(36)47/h1-26H. The van der Waals surface area contributed by atoms with Gasteiger partial charge in [-0.25, -0.2) is 0 Å². The van der Waals surface area contributed by atoms with Gasteiger partial charge in [0, 0.05) is 32.8 Å². The molecule has 0 spiro atoms. The molecular formula is C44H26N4. The number of hydrogen-bond donors (Lipinski definition) is 0. The fourth-order valence-electron chi connectivity index (χ4n) is 7.38. The summed E-state index contributed by atoms with van der Waals surface area (Å²) in [5, 5.41) is 25.4. The molecule has 0 amide bonds. The monoisotopic (exact) mass is 610 g/mol. The summed E-state index contributed by atoms with van der Waals surface area (Å²) in [6.45, 7) is 0. The van der Waals surface area contributed by atoms with E-state index in [1.165, 1.54) is 10.8 Å². The number of nitriles is 2. The first-order chi connectivity index (χ1) is 23.7. The van der Waals surface area contributed by atoms with Crippen LogP contribution in [0.15, 0.2) is 158 Å². The van der Waals surface area contributed by atoms with Gasteiger partial charge in [0.2, 0.25) is 0 Å². The lowest BCUT2D eigenvalue weighted by Crippen LogP contribution is -2.03. The van der Waals surface area contributed by atoms with Crippen LogP contribution in [0.3, 0.4) is 0 Å². The molecule has 0 aliphatic rings. The largest absolute Gasteiger partial charge is 0.309 e. The fraction of sp³-hybridized carbons (Fsp3) is 0. The molecule has 0 unspecified atom stereocenters. The molecule has 2 heterocycles. The number of rotatable bonds is 4. The molecule has 4 heteroatoms.